The average molecular weight is 373 g/mol. The van der Waals surface area contributed by atoms with Crippen molar-refractivity contribution in [2.24, 2.45) is 0 Å². The summed E-state index contributed by atoms with van der Waals surface area (Å²) >= 11 is 5.88. The molecule has 1 aliphatic rings. The van der Waals surface area contributed by atoms with Crippen LogP contribution in [0.2, 0.25) is 5.02 Å². The normalized spacial score (nSPS) is 17.4. The number of halogens is 1. The van der Waals surface area contributed by atoms with Gasteiger partial charge in [-0.2, -0.15) is 0 Å². The summed E-state index contributed by atoms with van der Waals surface area (Å²) in [6.07, 6.45) is 0. The molecule has 0 N–H and O–H groups in total. The lowest BCUT2D eigenvalue weighted by molar-refractivity contribution is -0.124. The number of carbonyl (C=O) groups excluding carboxylic acids is 2. The second-order valence-corrected chi connectivity index (χ2v) is 6.78. The van der Waals surface area contributed by atoms with Gasteiger partial charge in [0, 0.05) is 23.7 Å². The molecule has 3 rings (SSSR count). The first-order valence-electron chi connectivity index (χ1n) is 8.45. The molecule has 5 nitrogen and oxygen atoms in total. The number of hydrogen-bond acceptors (Lipinski definition) is 3. The molecular formula is C20H21ClN2O3. The summed E-state index contributed by atoms with van der Waals surface area (Å²) in [6.45, 7) is 4.59. The van der Waals surface area contributed by atoms with Crippen LogP contribution in [0.4, 0.5) is 5.69 Å². The zero-order valence-electron chi connectivity index (χ0n) is 15.0. The van der Waals surface area contributed by atoms with E-state index in [1.165, 1.54) is 0 Å². The maximum absolute atomic E-state index is 13.0. The number of amides is 2. The van der Waals surface area contributed by atoms with Crippen molar-refractivity contribution < 1.29 is 14.3 Å². The van der Waals surface area contributed by atoms with E-state index >= 15 is 0 Å². The number of methoxy groups -OCH3 is 1. The smallest absolute Gasteiger partial charge is 0.254 e. The van der Waals surface area contributed by atoms with Crippen molar-refractivity contribution in [3.63, 3.8) is 0 Å². The fourth-order valence-corrected chi connectivity index (χ4v) is 3.28. The van der Waals surface area contributed by atoms with E-state index in [0.29, 0.717) is 29.4 Å². The Morgan fingerprint density at radius 2 is 1.85 bits per heavy atom. The van der Waals surface area contributed by atoms with Crippen molar-refractivity contribution in [3.05, 3.63) is 58.6 Å². The van der Waals surface area contributed by atoms with E-state index in [-0.39, 0.29) is 11.8 Å². The van der Waals surface area contributed by atoms with Crippen LogP contribution >= 0.6 is 11.6 Å². The maximum atomic E-state index is 13.0. The predicted molar refractivity (Wildman–Crippen MR) is 102 cm³/mol. The van der Waals surface area contributed by atoms with Crippen LogP contribution in [-0.4, -0.2) is 43.0 Å². The number of ether oxygens (including phenoxy) is 1. The SMILES string of the molecule is COc1ccc(C)cc1N1CCN(C(=O)c2ccc(Cl)cc2)[C@H](C)C1=O. The monoisotopic (exact) mass is 372 g/mol. The van der Waals surface area contributed by atoms with Crippen LogP contribution in [0, 0.1) is 6.92 Å². The summed E-state index contributed by atoms with van der Waals surface area (Å²) in [5, 5.41) is 0.571. The van der Waals surface area contributed by atoms with Gasteiger partial charge in [0.15, 0.2) is 0 Å². The summed E-state index contributed by atoms with van der Waals surface area (Å²) in [4.78, 5) is 29.0. The Morgan fingerprint density at radius 1 is 1.15 bits per heavy atom. The molecule has 26 heavy (non-hydrogen) atoms. The van der Waals surface area contributed by atoms with Crippen LogP contribution in [0.3, 0.4) is 0 Å². The molecule has 136 valence electrons. The van der Waals surface area contributed by atoms with E-state index in [2.05, 4.69) is 0 Å². The number of anilines is 1. The van der Waals surface area contributed by atoms with Crippen LogP contribution in [0.1, 0.15) is 22.8 Å². The van der Waals surface area contributed by atoms with Crippen molar-refractivity contribution in [3.8, 4) is 5.75 Å². The summed E-state index contributed by atoms with van der Waals surface area (Å²) in [5.74, 6) is 0.356. The number of aryl methyl sites for hydroxylation is 1. The molecule has 0 aliphatic carbocycles. The number of piperazine rings is 1. The first-order chi connectivity index (χ1) is 12.4. The van der Waals surface area contributed by atoms with Crippen molar-refractivity contribution in [1.29, 1.82) is 0 Å². The van der Waals surface area contributed by atoms with E-state index < -0.39 is 6.04 Å². The Balaban J connectivity index is 1.84. The van der Waals surface area contributed by atoms with Crippen LogP contribution in [0.15, 0.2) is 42.5 Å². The number of rotatable bonds is 3. The highest BCUT2D eigenvalue weighted by Crippen LogP contribution is 2.31. The Labute approximate surface area is 158 Å². The lowest BCUT2D eigenvalue weighted by Crippen LogP contribution is -2.57. The van der Waals surface area contributed by atoms with E-state index in [4.69, 9.17) is 16.3 Å². The number of benzene rings is 2. The summed E-state index contributed by atoms with van der Waals surface area (Å²) < 4.78 is 5.41. The molecule has 0 spiro atoms. The van der Waals surface area contributed by atoms with Gasteiger partial charge in [0.1, 0.15) is 11.8 Å². The zero-order valence-corrected chi connectivity index (χ0v) is 15.8. The minimum absolute atomic E-state index is 0.123. The number of carbonyl (C=O) groups is 2. The molecule has 0 aromatic heterocycles. The molecule has 1 fully saturated rings. The molecule has 1 atom stereocenters. The van der Waals surface area contributed by atoms with E-state index in [9.17, 15) is 9.59 Å². The van der Waals surface area contributed by atoms with Crippen LogP contribution < -0.4 is 9.64 Å². The highest BCUT2D eigenvalue weighted by molar-refractivity contribution is 6.30. The molecule has 0 radical (unpaired) electrons. The van der Waals surface area contributed by atoms with Gasteiger partial charge in [0.25, 0.3) is 5.91 Å². The van der Waals surface area contributed by atoms with Crippen molar-refractivity contribution in [1.82, 2.24) is 4.90 Å². The first kappa shape index (κ1) is 18.3. The minimum atomic E-state index is -0.558. The topological polar surface area (TPSA) is 49.9 Å². The minimum Gasteiger partial charge on any atom is -0.495 e. The van der Waals surface area contributed by atoms with Crippen LogP contribution in [0.25, 0.3) is 0 Å². The molecule has 1 heterocycles. The fraction of sp³-hybridized carbons (Fsp3) is 0.300. The zero-order chi connectivity index (χ0) is 18.8. The fourth-order valence-electron chi connectivity index (χ4n) is 3.16. The summed E-state index contributed by atoms with van der Waals surface area (Å²) in [5.41, 5.74) is 2.31. The third kappa shape index (κ3) is 3.40. The molecule has 2 aromatic rings. The highest BCUT2D eigenvalue weighted by atomic mass is 35.5. The lowest BCUT2D eigenvalue weighted by atomic mass is 10.1. The molecule has 1 aliphatic heterocycles. The number of hydrogen-bond donors (Lipinski definition) is 0. The molecule has 2 amide bonds. The van der Waals surface area contributed by atoms with Crippen molar-refractivity contribution >= 4 is 29.1 Å². The van der Waals surface area contributed by atoms with E-state index in [1.54, 1.807) is 48.1 Å². The second kappa shape index (κ2) is 7.38. The molecular weight excluding hydrogens is 352 g/mol. The average Bonchev–Trinajstić information content (AvgIpc) is 2.64. The Hall–Kier alpha value is -2.53. The second-order valence-electron chi connectivity index (χ2n) is 6.35. The molecule has 2 aromatic carbocycles. The van der Waals surface area contributed by atoms with Gasteiger partial charge in [-0.25, -0.2) is 0 Å². The van der Waals surface area contributed by atoms with Crippen LogP contribution in [-0.2, 0) is 4.79 Å². The quantitative estimate of drug-likeness (QED) is 0.828. The Bertz CT molecular complexity index is 835. The number of nitrogens with zero attached hydrogens (tertiary/aromatic N) is 2. The molecule has 6 heteroatoms. The van der Waals surface area contributed by atoms with Crippen molar-refractivity contribution in [2.45, 2.75) is 19.9 Å². The molecule has 0 bridgehead atoms. The van der Waals surface area contributed by atoms with Gasteiger partial charge in [-0.1, -0.05) is 17.7 Å². The lowest BCUT2D eigenvalue weighted by Gasteiger charge is -2.39. The van der Waals surface area contributed by atoms with Gasteiger partial charge in [-0.05, 0) is 55.8 Å². The van der Waals surface area contributed by atoms with Gasteiger partial charge >= 0.3 is 0 Å². The van der Waals surface area contributed by atoms with Gasteiger partial charge in [-0.3, -0.25) is 9.59 Å². The van der Waals surface area contributed by atoms with Gasteiger partial charge in [0.05, 0.1) is 12.8 Å². The largest absolute Gasteiger partial charge is 0.495 e. The predicted octanol–water partition coefficient (Wildman–Crippen LogP) is 3.53. The Kier molecular flexibility index (Phi) is 5.18. The molecule has 0 unspecified atom stereocenters. The third-order valence-corrected chi connectivity index (χ3v) is 4.88. The van der Waals surface area contributed by atoms with Gasteiger partial charge in [0.2, 0.25) is 5.91 Å². The molecule has 0 saturated carbocycles. The Morgan fingerprint density at radius 3 is 2.50 bits per heavy atom. The third-order valence-electron chi connectivity index (χ3n) is 4.63. The summed E-state index contributed by atoms with van der Waals surface area (Å²) in [6, 6.07) is 11.9. The van der Waals surface area contributed by atoms with Gasteiger partial charge < -0.3 is 14.5 Å². The maximum Gasteiger partial charge on any atom is 0.254 e. The highest BCUT2D eigenvalue weighted by Gasteiger charge is 2.36. The van der Waals surface area contributed by atoms with E-state index in [1.807, 2.05) is 25.1 Å². The van der Waals surface area contributed by atoms with E-state index in [0.717, 1.165) is 11.3 Å². The molecule has 1 saturated heterocycles. The van der Waals surface area contributed by atoms with Crippen LogP contribution in [0.5, 0.6) is 5.75 Å². The van der Waals surface area contributed by atoms with Gasteiger partial charge in [-0.15, -0.1) is 0 Å². The first-order valence-corrected chi connectivity index (χ1v) is 8.82. The summed E-state index contributed by atoms with van der Waals surface area (Å²) in [7, 11) is 1.59. The van der Waals surface area contributed by atoms with Crippen molar-refractivity contribution in [2.75, 3.05) is 25.1 Å². The standard InChI is InChI=1S/C20H21ClN2O3/c1-13-4-9-18(26-3)17(12-13)23-11-10-22(14(2)19(23)24)20(25)15-5-7-16(21)8-6-15/h4-9,12,14H,10-11H2,1-3H3/t14-/m1/s1.